The van der Waals surface area contributed by atoms with Gasteiger partial charge >= 0.3 is 6.18 Å². The van der Waals surface area contributed by atoms with E-state index in [0.29, 0.717) is 12.8 Å². The van der Waals surface area contributed by atoms with E-state index in [-0.39, 0.29) is 11.3 Å². The van der Waals surface area contributed by atoms with Crippen LogP contribution in [0.25, 0.3) is 0 Å². The molecule has 1 aromatic rings. The molecule has 1 aliphatic rings. The number of alkyl halides is 3. The molecule has 0 atom stereocenters. The molecule has 94 valence electrons. The van der Waals surface area contributed by atoms with Crippen LogP contribution in [-0.4, -0.2) is 5.11 Å². The van der Waals surface area contributed by atoms with Crippen molar-refractivity contribution in [1.82, 2.24) is 0 Å². The fraction of sp³-hybridized carbons (Fsp3) is 0.500. The zero-order chi connectivity index (χ0) is 12.7. The summed E-state index contributed by atoms with van der Waals surface area (Å²) >= 11 is 0. The van der Waals surface area contributed by atoms with E-state index in [9.17, 15) is 18.3 Å². The van der Waals surface area contributed by atoms with Crippen molar-refractivity contribution in [2.24, 2.45) is 5.73 Å². The topological polar surface area (TPSA) is 46.2 Å². The van der Waals surface area contributed by atoms with Gasteiger partial charge in [-0.25, -0.2) is 0 Å². The SMILES string of the molecule is NC1(c2cc(C(F)(F)F)ccc2O)CCCC1. The standard InChI is InChI=1S/C12H14F3NO/c13-12(14,15)8-3-4-10(17)9(7-8)11(16)5-1-2-6-11/h3-4,7,17H,1-2,5-6,16H2. The normalized spacial score (nSPS) is 19.5. The third-order valence-corrected chi connectivity index (χ3v) is 3.36. The van der Waals surface area contributed by atoms with Crippen LogP contribution in [0.5, 0.6) is 5.75 Å². The largest absolute Gasteiger partial charge is 0.508 e. The van der Waals surface area contributed by atoms with Crippen molar-refractivity contribution < 1.29 is 18.3 Å². The number of benzene rings is 1. The second-order valence-electron chi connectivity index (χ2n) is 4.59. The van der Waals surface area contributed by atoms with Crippen molar-refractivity contribution in [3.8, 4) is 5.75 Å². The van der Waals surface area contributed by atoms with Gasteiger partial charge in [0.25, 0.3) is 0 Å². The summed E-state index contributed by atoms with van der Waals surface area (Å²) in [6.45, 7) is 0. The number of halogens is 3. The summed E-state index contributed by atoms with van der Waals surface area (Å²) in [5, 5.41) is 9.68. The van der Waals surface area contributed by atoms with Gasteiger partial charge in [-0.05, 0) is 31.0 Å². The van der Waals surface area contributed by atoms with E-state index in [1.54, 1.807) is 0 Å². The molecule has 5 heteroatoms. The fourth-order valence-corrected chi connectivity index (χ4v) is 2.39. The van der Waals surface area contributed by atoms with Gasteiger partial charge in [-0.2, -0.15) is 13.2 Å². The Labute approximate surface area is 97.2 Å². The molecule has 3 N–H and O–H groups in total. The van der Waals surface area contributed by atoms with Crippen LogP contribution < -0.4 is 5.73 Å². The minimum absolute atomic E-state index is 0.151. The predicted molar refractivity (Wildman–Crippen MR) is 57.4 cm³/mol. The molecular formula is C12H14F3NO. The number of rotatable bonds is 1. The van der Waals surface area contributed by atoms with Crippen LogP contribution in [0.2, 0.25) is 0 Å². The maximum Gasteiger partial charge on any atom is 0.416 e. The van der Waals surface area contributed by atoms with Gasteiger partial charge in [0.15, 0.2) is 0 Å². The Hall–Kier alpha value is -1.23. The maximum absolute atomic E-state index is 12.6. The average Bonchev–Trinajstić information content (AvgIpc) is 2.65. The fourth-order valence-electron chi connectivity index (χ4n) is 2.39. The molecule has 1 fully saturated rings. The van der Waals surface area contributed by atoms with Crippen LogP contribution >= 0.6 is 0 Å². The van der Waals surface area contributed by atoms with E-state index in [4.69, 9.17) is 5.73 Å². The van der Waals surface area contributed by atoms with Gasteiger partial charge in [0, 0.05) is 11.1 Å². The first-order valence-corrected chi connectivity index (χ1v) is 5.52. The lowest BCUT2D eigenvalue weighted by molar-refractivity contribution is -0.137. The second-order valence-corrected chi connectivity index (χ2v) is 4.59. The zero-order valence-corrected chi connectivity index (χ0v) is 9.22. The molecule has 0 aromatic heterocycles. The molecule has 17 heavy (non-hydrogen) atoms. The van der Waals surface area contributed by atoms with Crippen molar-refractivity contribution >= 4 is 0 Å². The van der Waals surface area contributed by atoms with Crippen molar-refractivity contribution in [2.45, 2.75) is 37.4 Å². The van der Waals surface area contributed by atoms with Crippen LogP contribution in [-0.2, 0) is 11.7 Å². The average molecular weight is 245 g/mol. The van der Waals surface area contributed by atoms with E-state index in [1.165, 1.54) is 0 Å². The summed E-state index contributed by atoms with van der Waals surface area (Å²) in [7, 11) is 0. The Morgan fingerprint density at radius 2 is 1.76 bits per heavy atom. The lowest BCUT2D eigenvalue weighted by Crippen LogP contribution is -2.33. The van der Waals surface area contributed by atoms with Crippen molar-refractivity contribution in [3.05, 3.63) is 29.3 Å². The predicted octanol–water partition coefficient (Wildman–Crippen LogP) is 3.14. The lowest BCUT2D eigenvalue weighted by Gasteiger charge is -2.26. The van der Waals surface area contributed by atoms with Gasteiger partial charge in [0.05, 0.1) is 5.56 Å². The molecule has 2 nitrogen and oxygen atoms in total. The number of aromatic hydroxyl groups is 1. The highest BCUT2D eigenvalue weighted by molar-refractivity contribution is 5.42. The highest BCUT2D eigenvalue weighted by Gasteiger charge is 2.37. The summed E-state index contributed by atoms with van der Waals surface area (Å²) in [5.74, 6) is -0.151. The third-order valence-electron chi connectivity index (χ3n) is 3.36. The van der Waals surface area contributed by atoms with Crippen molar-refractivity contribution in [2.75, 3.05) is 0 Å². The quantitative estimate of drug-likeness (QED) is 0.798. The van der Waals surface area contributed by atoms with E-state index >= 15 is 0 Å². The smallest absolute Gasteiger partial charge is 0.416 e. The van der Waals surface area contributed by atoms with Crippen LogP contribution in [0.15, 0.2) is 18.2 Å². The Kier molecular flexibility index (Phi) is 2.81. The molecule has 0 saturated heterocycles. The molecule has 1 aliphatic carbocycles. The van der Waals surface area contributed by atoms with Gasteiger partial charge < -0.3 is 10.8 Å². The molecule has 0 bridgehead atoms. The van der Waals surface area contributed by atoms with E-state index in [0.717, 1.165) is 31.0 Å². The number of phenols is 1. The summed E-state index contributed by atoms with van der Waals surface area (Å²) in [4.78, 5) is 0. The van der Waals surface area contributed by atoms with E-state index < -0.39 is 17.3 Å². The Morgan fingerprint density at radius 1 is 1.18 bits per heavy atom. The van der Waals surface area contributed by atoms with Crippen LogP contribution in [0.3, 0.4) is 0 Å². The van der Waals surface area contributed by atoms with Gasteiger partial charge in [0.1, 0.15) is 5.75 Å². The molecule has 0 spiro atoms. The molecule has 0 heterocycles. The minimum atomic E-state index is -4.41. The minimum Gasteiger partial charge on any atom is -0.508 e. The molecular weight excluding hydrogens is 231 g/mol. The molecule has 2 rings (SSSR count). The second kappa shape index (κ2) is 3.91. The van der Waals surface area contributed by atoms with Crippen molar-refractivity contribution in [3.63, 3.8) is 0 Å². The number of hydrogen-bond acceptors (Lipinski definition) is 2. The lowest BCUT2D eigenvalue weighted by atomic mass is 9.87. The van der Waals surface area contributed by atoms with E-state index in [2.05, 4.69) is 0 Å². The Bertz CT molecular complexity index is 422. The highest BCUT2D eigenvalue weighted by Crippen LogP contribution is 2.42. The molecule has 0 radical (unpaired) electrons. The molecule has 0 unspecified atom stereocenters. The Balaban J connectivity index is 2.46. The van der Waals surface area contributed by atoms with Gasteiger partial charge in [-0.15, -0.1) is 0 Å². The number of nitrogens with two attached hydrogens (primary N) is 1. The summed E-state index contributed by atoms with van der Waals surface area (Å²) < 4.78 is 37.8. The van der Waals surface area contributed by atoms with Crippen LogP contribution in [0, 0.1) is 0 Å². The summed E-state index contributed by atoms with van der Waals surface area (Å²) in [5.41, 5.74) is 4.70. The summed E-state index contributed by atoms with van der Waals surface area (Å²) in [6, 6.07) is 2.92. The van der Waals surface area contributed by atoms with Crippen LogP contribution in [0.1, 0.15) is 36.8 Å². The monoisotopic (exact) mass is 245 g/mol. The first kappa shape index (κ1) is 12.2. The van der Waals surface area contributed by atoms with Gasteiger partial charge in [-0.3, -0.25) is 0 Å². The van der Waals surface area contributed by atoms with Crippen LogP contribution in [0.4, 0.5) is 13.2 Å². The highest BCUT2D eigenvalue weighted by atomic mass is 19.4. The summed E-state index contributed by atoms with van der Waals surface area (Å²) in [6.07, 6.45) is -1.42. The zero-order valence-electron chi connectivity index (χ0n) is 9.22. The number of hydrogen-bond donors (Lipinski definition) is 2. The van der Waals surface area contributed by atoms with Crippen molar-refractivity contribution in [1.29, 1.82) is 0 Å². The third kappa shape index (κ3) is 2.24. The maximum atomic E-state index is 12.6. The van der Waals surface area contributed by atoms with Gasteiger partial charge in [0.2, 0.25) is 0 Å². The van der Waals surface area contributed by atoms with E-state index in [1.807, 2.05) is 0 Å². The van der Waals surface area contributed by atoms with Gasteiger partial charge in [-0.1, -0.05) is 12.8 Å². The first-order chi connectivity index (χ1) is 7.83. The number of phenolic OH excluding ortho intramolecular Hbond substituents is 1. The Morgan fingerprint density at radius 3 is 2.29 bits per heavy atom. The molecule has 1 saturated carbocycles. The molecule has 1 aromatic carbocycles. The molecule has 0 aliphatic heterocycles. The first-order valence-electron chi connectivity index (χ1n) is 5.52. The molecule has 0 amide bonds.